The molecule has 2 aromatic rings. The highest BCUT2D eigenvalue weighted by atomic mass is 35.5. The summed E-state index contributed by atoms with van der Waals surface area (Å²) >= 11 is 6.10. The van der Waals surface area contributed by atoms with E-state index in [-0.39, 0.29) is 5.75 Å². The number of guanidine groups is 1. The Labute approximate surface area is 165 Å². The van der Waals surface area contributed by atoms with E-state index in [2.05, 4.69) is 26.2 Å². The number of rotatable bonds is 4. The fourth-order valence-corrected chi connectivity index (χ4v) is 3.37. The van der Waals surface area contributed by atoms with Crippen molar-refractivity contribution >= 4 is 23.2 Å². The lowest BCUT2D eigenvalue weighted by Crippen LogP contribution is -2.52. The number of aromatic hydroxyl groups is 1. The summed E-state index contributed by atoms with van der Waals surface area (Å²) in [5, 5.41) is 14.1. The van der Waals surface area contributed by atoms with Gasteiger partial charge in [-0.05, 0) is 36.4 Å². The monoisotopic (exact) mass is 388 g/mol. The number of hydrogen-bond donors (Lipinski definition) is 2. The molecule has 2 N–H and O–H groups in total. The van der Waals surface area contributed by atoms with Crippen LogP contribution in [0.5, 0.6) is 11.5 Å². The summed E-state index contributed by atoms with van der Waals surface area (Å²) in [6.45, 7) is 3.98. The maximum Gasteiger partial charge on any atom is 0.194 e. The zero-order chi connectivity index (χ0) is 19.2. The normalized spacial score (nSPS) is 15.0. The van der Waals surface area contributed by atoms with Gasteiger partial charge in [-0.3, -0.25) is 4.99 Å². The summed E-state index contributed by atoms with van der Waals surface area (Å²) in [5.74, 6) is 1.78. The van der Waals surface area contributed by atoms with Gasteiger partial charge in [0, 0.05) is 56.0 Å². The number of phenols is 1. The number of methoxy groups -OCH3 is 1. The molecule has 1 aliphatic heterocycles. The van der Waals surface area contributed by atoms with Crippen LogP contribution in [0.2, 0.25) is 5.02 Å². The van der Waals surface area contributed by atoms with E-state index in [9.17, 15) is 5.11 Å². The topological polar surface area (TPSA) is 60.3 Å². The van der Waals surface area contributed by atoms with E-state index in [0.717, 1.165) is 54.2 Å². The van der Waals surface area contributed by atoms with Gasteiger partial charge in [-0.25, -0.2) is 0 Å². The van der Waals surface area contributed by atoms with Crippen molar-refractivity contribution in [2.75, 3.05) is 45.2 Å². The second kappa shape index (κ2) is 8.86. The molecule has 0 spiro atoms. The third-order valence-corrected chi connectivity index (χ3v) is 4.92. The predicted molar refractivity (Wildman–Crippen MR) is 110 cm³/mol. The molecule has 0 aromatic heterocycles. The number of halogens is 1. The summed E-state index contributed by atoms with van der Waals surface area (Å²) in [5.41, 5.74) is 1.92. The molecule has 2 aromatic carbocycles. The van der Waals surface area contributed by atoms with Crippen LogP contribution in [0.3, 0.4) is 0 Å². The van der Waals surface area contributed by atoms with Crippen molar-refractivity contribution < 1.29 is 9.84 Å². The Balaban J connectivity index is 1.58. The smallest absolute Gasteiger partial charge is 0.194 e. The van der Waals surface area contributed by atoms with E-state index in [0.29, 0.717) is 6.54 Å². The van der Waals surface area contributed by atoms with Crippen molar-refractivity contribution in [3.05, 3.63) is 53.1 Å². The van der Waals surface area contributed by atoms with Gasteiger partial charge in [0.05, 0.1) is 7.11 Å². The third kappa shape index (κ3) is 4.77. The highest BCUT2D eigenvalue weighted by Crippen LogP contribution is 2.23. The van der Waals surface area contributed by atoms with Crippen molar-refractivity contribution in [1.82, 2.24) is 10.2 Å². The average Bonchev–Trinajstić information content (AvgIpc) is 2.70. The number of benzene rings is 2. The van der Waals surface area contributed by atoms with E-state index < -0.39 is 0 Å². The van der Waals surface area contributed by atoms with Crippen molar-refractivity contribution in [2.45, 2.75) is 6.54 Å². The van der Waals surface area contributed by atoms with Gasteiger partial charge >= 0.3 is 0 Å². The zero-order valence-corrected chi connectivity index (χ0v) is 16.4. The number of nitrogens with zero attached hydrogens (tertiary/aromatic N) is 3. The van der Waals surface area contributed by atoms with Crippen molar-refractivity contribution in [3.8, 4) is 11.5 Å². The Hall–Kier alpha value is -2.60. The molecule has 0 bridgehead atoms. The molecule has 0 unspecified atom stereocenters. The fourth-order valence-electron chi connectivity index (χ4n) is 3.19. The van der Waals surface area contributed by atoms with Gasteiger partial charge in [-0.15, -0.1) is 0 Å². The van der Waals surface area contributed by atoms with Crippen LogP contribution in [0.4, 0.5) is 5.69 Å². The van der Waals surface area contributed by atoms with E-state index in [4.69, 9.17) is 16.3 Å². The van der Waals surface area contributed by atoms with Crippen LogP contribution in [0.25, 0.3) is 0 Å². The second-order valence-electron chi connectivity index (χ2n) is 6.35. The molecule has 0 radical (unpaired) electrons. The molecular formula is C20H25ClN4O2. The van der Waals surface area contributed by atoms with Crippen LogP contribution >= 0.6 is 11.6 Å². The van der Waals surface area contributed by atoms with Crippen LogP contribution in [0.1, 0.15) is 5.56 Å². The minimum atomic E-state index is 0.240. The third-order valence-electron chi connectivity index (χ3n) is 4.69. The molecule has 3 rings (SSSR count). The van der Waals surface area contributed by atoms with Gasteiger partial charge < -0.3 is 25.0 Å². The molecular weight excluding hydrogens is 364 g/mol. The summed E-state index contributed by atoms with van der Waals surface area (Å²) in [6, 6.07) is 13.2. The molecule has 27 heavy (non-hydrogen) atoms. The van der Waals surface area contributed by atoms with Gasteiger partial charge in [-0.1, -0.05) is 17.7 Å². The number of phenolic OH excluding ortho intramolecular Hbond substituents is 1. The van der Waals surface area contributed by atoms with Crippen LogP contribution in [0, 0.1) is 0 Å². The Bertz CT molecular complexity index is 804. The zero-order valence-electron chi connectivity index (χ0n) is 15.7. The molecule has 0 saturated carbocycles. The maximum absolute atomic E-state index is 10.0. The first-order valence-electron chi connectivity index (χ1n) is 8.92. The van der Waals surface area contributed by atoms with Crippen molar-refractivity contribution in [3.63, 3.8) is 0 Å². The summed E-state index contributed by atoms with van der Waals surface area (Å²) in [4.78, 5) is 8.93. The Kier molecular flexibility index (Phi) is 6.29. The minimum Gasteiger partial charge on any atom is -0.508 e. The molecule has 1 fully saturated rings. The molecule has 6 nitrogen and oxygen atoms in total. The Morgan fingerprint density at radius 3 is 2.63 bits per heavy atom. The lowest BCUT2D eigenvalue weighted by Gasteiger charge is -2.37. The molecule has 0 aliphatic carbocycles. The molecule has 7 heteroatoms. The molecule has 144 valence electrons. The van der Waals surface area contributed by atoms with E-state index in [1.165, 1.54) is 0 Å². The number of anilines is 1. The van der Waals surface area contributed by atoms with Crippen molar-refractivity contribution in [1.29, 1.82) is 0 Å². The first-order chi connectivity index (χ1) is 13.1. The van der Waals surface area contributed by atoms with Gasteiger partial charge in [-0.2, -0.15) is 0 Å². The molecule has 1 saturated heterocycles. The molecule has 1 heterocycles. The number of nitrogens with one attached hydrogen (secondary N) is 1. The lowest BCUT2D eigenvalue weighted by molar-refractivity contribution is 0.371. The molecule has 1 aliphatic rings. The Morgan fingerprint density at radius 1 is 1.19 bits per heavy atom. The van der Waals surface area contributed by atoms with Gasteiger partial charge in [0.15, 0.2) is 5.96 Å². The number of ether oxygens (including phenoxy) is 1. The standard InChI is InChI=1S/C20H25ClN4O2/c1-22-20(23-14-15-12-18(27-2)6-7-19(15)26)25-10-8-24(9-11-25)17-5-3-4-16(21)13-17/h3-7,12-13,26H,8-11,14H2,1-2H3,(H,22,23). The van der Waals surface area contributed by atoms with Gasteiger partial charge in [0.25, 0.3) is 0 Å². The van der Waals surface area contributed by atoms with Gasteiger partial charge in [0.1, 0.15) is 11.5 Å². The summed E-state index contributed by atoms with van der Waals surface area (Å²) in [7, 11) is 3.39. The molecule has 0 amide bonds. The highest BCUT2D eigenvalue weighted by Gasteiger charge is 2.20. The minimum absolute atomic E-state index is 0.240. The van der Waals surface area contributed by atoms with Crippen molar-refractivity contribution in [2.24, 2.45) is 4.99 Å². The largest absolute Gasteiger partial charge is 0.508 e. The SMILES string of the molecule is CN=C(NCc1cc(OC)ccc1O)N1CCN(c2cccc(Cl)c2)CC1. The second-order valence-corrected chi connectivity index (χ2v) is 6.79. The first-order valence-corrected chi connectivity index (χ1v) is 9.30. The predicted octanol–water partition coefficient (Wildman–Crippen LogP) is 2.95. The maximum atomic E-state index is 10.0. The molecule has 0 atom stereocenters. The van der Waals surface area contributed by atoms with Gasteiger partial charge in [0.2, 0.25) is 0 Å². The first kappa shape index (κ1) is 19.2. The number of hydrogen-bond acceptors (Lipinski definition) is 4. The number of piperazine rings is 1. The van der Waals surface area contributed by atoms with E-state index >= 15 is 0 Å². The number of aliphatic imine (C=N–C) groups is 1. The van der Waals surface area contributed by atoms with Crippen LogP contribution in [-0.2, 0) is 6.54 Å². The highest BCUT2D eigenvalue weighted by molar-refractivity contribution is 6.30. The van der Waals surface area contributed by atoms with Crippen LogP contribution in [0.15, 0.2) is 47.5 Å². The summed E-state index contributed by atoms with van der Waals surface area (Å²) < 4.78 is 5.23. The average molecular weight is 389 g/mol. The summed E-state index contributed by atoms with van der Waals surface area (Å²) in [6.07, 6.45) is 0. The van der Waals surface area contributed by atoms with E-state index in [1.54, 1.807) is 26.3 Å². The van der Waals surface area contributed by atoms with Crippen LogP contribution < -0.4 is 15.0 Å². The fraction of sp³-hybridized carbons (Fsp3) is 0.350. The van der Waals surface area contributed by atoms with E-state index in [1.807, 2.05) is 24.3 Å². The quantitative estimate of drug-likeness (QED) is 0.623. The lowest BCUT2D eigenvalue weighted by atomic mass is 10.2. The Morgan fingerprint density at radius 2 is 1.96 bits per heavy atom. The van der Waals surface area contributed by atoms with Crippen LogP contribution in [-0.4, -0.2) is 56.3 Å².